The van der Waals surface area contributed by atoms with Crippen molar-refractivity contribution in [3.8, 4) is 0 Å². The van der Waals surface area contributed by atoms with Crippen LogP contribution in [-0.2, 0) is 4.79 Å². The molecule has 108 valence electrons. The summed E-state index contributed by atoms with van der Waals surface area (Å²) >= 11 is 0. The minimum atomic E-state index is 0.733. The Morgan fingerprint density at radius 2 is 1.16 bits per heavy atom. The van der Waals surface area contributed by atoms with E-state index in [2.05, 4.69) is 43.4 Å². The van der Waals surface area contributed by atoms with Gasteiger partial charge in [0.05, 0.1) is 0 Å². The van der Waals surface area contributed by atoms with Gasteiger partial charge in [-0.3, -0.25) is 0 Å². The summed E-state index contributed by atoms with van der Waals surface area (Å²) in [6.07, 6.45) is 25.7. The molecular formula is C18H30O. The van der Waals surface area contributed by atoms with Crippen molar-refractivity contribution < 1.29 is 4.79 Å². The summed E-state index contributed by atoms with van der Waals surface area (Å²) in [5.74, 6) is 0. The summed E-state index contributed by atoms with van der Waals surface area (Å²) in [5.41, 5.74) is 0. The van der Waals surface area contributed by atoms with E-state index in [4.69, 9.17) is 0 Å². The topological polar surface area (TPSA) is 17.1 Å². The van der Waals surface area contributed by atoms with E-state index >= 15 is 0 Å². The lowest BCUT2D eigenvalue weighted by Crippen LogP contribution is -1.79. The quantitative estimate of drug-likeness (QED) is 0.234. The SMILES string of the molecule is CCCC/C=C/C=C/C=C/CCCCCCCC=O. The van der Waals surface area contributed by atoms with Crippen molar-refractivity contribution in [2.24, 2.45) is 0 Å². The molecule has 0 rings (SSSR count). The van der Waals surface area contributed by atoms with Crippen LogP contribution in [-0.4, -0.2) is 6.29 Å². The summed E-state index contributed by atoms with van der Waals surface area (Å²) in [6, 6.07) is 0. The molecule has 0 unspecified atom stereocenters. The molecular weight excluding hydrogens is 232 g/mol. The minimum absolute atomic E-state index is 0.733. The second kappa shape index (κ2) is 16.9. The lowest BCUT2D eigenvalue weighted by Gasteiger charge is -1.96. The summed E-state index contributed by atoms with van der Waals surface area (Å²) < 4.78 is 0. The minimum Gasteiger partial charge on any atom is -0.303 e. The van der Waals surface area contributed by atoms with E-state index in [0.29, 0.717) is 0 Å². The highest BCUT2D eigenvalue weighted by atomic mass is 16.1. The fourth-order valence-corrected chi connectivity index (χ4v) is 1.82. The first-order valence-electron chi connectivity index (χ1n) is 7.83. The molecule has 0 aromatic heterocycles. The monoisotopic (exact) mass is 262 g/mol. The Bertz CT molecular complexity index is 261. The van der Waals surface area contributed by atoms with Crippen LogP contribution in [0.5, 0.6) is 0 Å². The van der Waals surface area contributed by atoms with Gasteiger partial charge in [0.1, 0.15) is 6.29 Å². The van der Waals surface area contributed by atoms with Gasteiger partial charge < -0.3 is 4.79 Å². The van der Waals surface area contributed by atoms with Crippen molar-refractivity contribution in [1.29, 1.82) is 0 Å². The van der Waals surface area contributed by atoms with Crippen LogP contribution < -0.4 is 0 Å². The summed E-state index contributed by atoms with van der Waals surface area (Å²) in [7, 11) is 0. The Labute approximate surface area is 119 Å². The van der Waals surface area contributed by atoms with Gasteiger partial charge in [-0.25, -0.2) is 0 Å². The molecule has 0 radical (unpaired) electrons. The molecule has 0 saturated carbocycles. The van der Waals surface area contributed by atoms with Crippen LogP contribution in [0.25, 0.3) is 0 Å². The Morgan fingerprint density at radius 1 is 0.632 bits per heavy atom. The van der Waals surface area contributed by atoms with E-state index in [1.54, 1.807) is 0 Å². The molecule has 0 aliphatic rings. The van der Waals surface area contributed by atoms with Gasteiger partial charge in [0.25, 0.3) is 0 Å². The number of hydrogen-bond acceptors (Lipinski definition) is 1. The fourth-order valence-electron chi connectivity index (χ4n) is 1.82. The number of carbonyl (C=O) groups excluding carboxylic acids is 1. The second-order valence-electron chi connectivity index (χ2n) is 4.90. The van der Waals surface area contributed by atoms with E-state index in [1.807, 2.05) is 0 Å². The molecule has 1 nitrogen and oxygen atoms in total. The third kappa shape index (κ3) is 16.9. The van der Waals surface area contributed by atoms with Crippen molar-refractivity contribution in [2.45, 2.75) is 71.1 Å². The number of unbranched alkanes of at least 4 members (excludes halogenated alkanes) is 8. The maximum atomic E-state index is 10.1. The molecule has 0 amide bonds. The van der Waals surface area contributed by atoms with Gasteiger partial charge in [-0.15, -0.1) is 0 Å². The Kier molecular flexibility index (Phi) is 15.9. The highest BCUT2D eigenvalue weighted by Gasteiger charge is 1.88. The van der Waals surface area contributed by atoms with Crippen LogP contribution in [0.3, 0.4) is 0 Å². The predicted octanol–water partition coefficient (Wildman–Crippen LogP) is 5.77. The zero-order valence-electron chi connectivity index (χ0n) is 12.5. The molecule has 1 heteroatoms. The van der Waals surface area contributed by atoms with Crippen LogP contribution >= 0.6 is 0 Å². The van der Waals surface area contributed by atoms with Crippen molar-refractivity contribution in [1.82, 2.24) is 0 Å². The number of allylic oxidation sites excluding steroid dienone is 6. The number of hydrogen-bond donors (Lipinski definition) is 0. The van der Waals surface area contributed by atoms with E-state index in [0.717, 1.165) is 25.5 Å². The molecule has 0 N–H and O–H groups in total. The molecule has 0 atom stereocenters. The maximum Gasteiger partial charge on any atom is 0.119 e. The average Bonchev–Trinajstić information content (AvgIpc) is 2.43. The van der Waals surface area contributed by atoms with Gasteiger partial charge in [0, 0.05) is 6.42 Å². The maximum absolute atomic E-state index is 10.1. The van der Waals surface area contributed by atoms with Crippen LogP contribution in [0.2, 0.25) is 0 Å². The molecule has 0 fully saturated rings. The van der Waals surface area contributed by atoms with Crippen LogP contribution in [0.4, 0.5) is 0 Å². The summed E-state index contributed by atoms with van der Waals surface area (Å²) in [6.45, 7) is 2.22. The second-order valence-corrected chi connectivity index (χ2v) is 4.90. The van der Waals surface area contributed by atoms with Crippen LogP contribution in [0, 0.1) is 0 Å². The van der Waals surface area contributed by atoms with E-state index in [1.165, 1.54) is 44.9 Å². The number of rotatable bonds is 13. The fraction of sp³-hybridized carbons (Fsp3) is 0.611. The lowest BCUT2D eigenvalue weighted by atomic mass is 10.1. The van der Waals surface area contributed by atoms with Crippen LogP contribution in [0.1, 0.15) is 71.1 Å². The highest BCUT2D eigenvalue weighted by Crippen LogP contribution is 2.06. The normalized spacial score (nSPS) is 12.1. The molecule has 0 saturated heterocycles. The first-order valence-corrected chi connectivity index (χ1v) is 7.83. The predicted molar refractivity (Wildman–Crippen MR) is 85.3 cm³/mol. The van der Waals surface area contributed by atoms with Crippen molar-refractivity contribution in [2.75, 3.05) is 0 Å². The smallest absolute Gasteiger partial charge is 0.119 e. The highest BCUT2D eigenvalue weighted by molar-refractivity contribution is 5.48. The average molecular weight is 262 g/mol. The lowest BCUT2D eigenvalue weighted by molar-refractivity contribution is -0.107. The summed E-state index contributed by atoms with van der Waals surface area (Å²) in [4.78, 5) is 10.1. The van der Waals surface area contributed by atoms with Crippen LogP contribution in [0.15, 0.2) is 36.5 Å². The zero-order chi connectivity index (χ0) is 14.0. The van der Waals surface area contributed by atoms with E-state index in [-0.39, 0.29) is 0 Å². The van der Waals surface area contributed by atoms with E-state index < -0.39 is 0 Å². The first-order chi connectivity index (χ1) is 9.41. The van der Waals surface area contributed by atoms with Gasteiger partial charge in [0.2, 0.25) is 0 Å². The molecule has 0 aliphatic carbocycles. The molecule has 0 aliphatic heterocycles. The third-order valence-corrected chi connectivity index (χ3v) is 3.02. The Balaban J connectivity index is 3.26. The Hall–Kier alpha value is -1.11. The Morgan fingerprint density at radius 3 is 1.74 bits per heavy atom. The van der Waals surface area contributed by atoms with Gasteiger partial charge >= 0.3 is 0 Å². The first kappa shape index (κ1) is 17.9. The standard InChI is InChI=1S/C18H30O/c1-2-3-4-5-6-7-8-9-10-11-12-13-14-15-16-17-18-19/h5-10,18H,2-4,11-17H2,1H3/b6-5+,8-7+,10-9+. The molecule has 0 bridgehead atoms. The molecule has 0 aromatic rings. The third-order valence-electron chi connectivity index (χ3n) is 3.02. The van der Waals surface area contributed by atoms with Gasteiger partial charge in [-0.2, -0.15) is 0 Å². The van der Waals surface area contributed by atoms with E-state index in [9.17, 15) is 4.79 Å². The van der Waals surface area contributed by atoms with Gasteiger partial charge in [0.15, 0.2) is 0 Å². The van der Waals surface area contributed by atoms with Crippen molar-refractivity contribution in [3.05, 3.63) is 36.5 Å². The van der Waals surface area contributed by atoms with Gasteiger partial charge in [-0.1, -0.05) is 75.5 Å². The van der Waals surface area contributed by atoms with Crippen molar-refractivity contribution >= 4 is 6.29 Å². The molecule has 0 aromatic carbocycles. The van der Waals surface area contributed by atoms with Gasteiger partial charge in [-0.05, 0) is 25.7 Å². The molecule has 0 heterocycles. The zero-order valence-corrected chi connectivity index (χ0v) is 12.5. The summed E-state index contributed by atoms with van der Waals surface area (Å²) in [5, 5.41) is 0. The van der Waals surface area contributed by atoms with Crippen molar-refractivity contribution in [3.63, 3.8) is 0 Å². The number of aldehydes is 1. The number of carbonyl (C=O) groups is 1. The largest absolute Gasteiger partial charge is 0.303 e. The molecule has 19 heavy (non-hydrogen) atoms. The molecule has 0 spiro atoms.